The molecule has 0 spiro atoms. The first kappa shape index (κ1) is 13.1. The van der Waals surface area contributed by atoms with E-state index >= 15 is 0 Å². The van der Waals surface area contributed by atoms with E-state index in [0.717, 1.165) is 38.1 Å². The van der Waals surface area contributed by atoms with Gasteiger partial charge in [0.2, 0.25) is 5.91 Å². The van der Waals surface area contributed by atoms with Crippen LogP contribution < -0.4 is 5.32 Å². The molecule has 1 amide bonds. The molecule has 0 bridgehead atoms. The molecular weight excluding hydrogens is 228 g/mol. The maximum absolute atomic E-state index is 12.1. The van der Waals surface area contributed by atoms with E-state index in [-0.39, 0.29) is 11.9 Å². The summed E-state index contributed by atoms with van der Waals surface area (Å²) in [5.41, 5.74) is 0. The smallest absolute Gasteiger partial charge is 0.237 e. The van der Waals surface area contributed by atoms with Crippen LogP contribution in [0.4, 0.5) is 0 Å². The Morgan fingerprint density at radius 2 is 2.44 bits per heavy atom. The molecule has 2 heterocycles. The van der Waals surface area contributed by atoms with E-state index in [1.807, 2.05) is 12.1 Å². The van der Waals surface area contributed by atoms with Gasteiger partial charge in [0.05, 0.1) is 12.3 Å². The zero-order valence-electron chi connectivity index (χ0n) is 11.0. The van der Waals surface area contributed by atoms with Crippen LogP contribution in [0.2, 0.25) is 0 Å². The van der Waals surface area contributed by atoms with Gasteiger partial charge in [-0.25, -0.2) is 0 Å². The molecule has 1 aromatic heterocycles. The summed E-state index contributed by atoms with van der Waals surface area (Å²) in [5.74, 6) is 1.09. The van der Waals surface area contributed by atoms with E-state index in [1.54, 1.807) is 6.26 Å². The zero-order valence-corrected chi connectivity index (χ0v) is 11.0. The van der Waals surface area contributed by atoms with Crippen molar-refractivity contribution in [2.45, 2.75) is 38.6 Å². The average molecular weight is 250 g/mol. The largest absolute Gasteiger partial charge is 0.469 e. The summed E-state index contributed by atoms with van der Waals surface area (Å²) >= 11 is 0. The summed E-state index contributed by atoms with van der Waals surface area (Å²) in [6.45, 7) is 4.78. The number of hydrogen-bond donors (Lipinski definition) is 1. The van der Waals surface area contributed by atoms with Gasteiger partial charge in [-0.3, -0.25) is 9.69 Å². The molecule has 0 aliphatic carbocycles. The number of carbonyl (C=O) groups is 1. The highest BCUT2D eigenvalue weighted by molar-refractivity contribution is 5.81. The van der Waals surface area contributed by atoms with Gasteiger partial charge in [0.25, 0.3) is 0 Å². The molecule has 2 rings (SSSR count). The first-order chi connectivity index (χ1) is 8.81. The average Bonchev–Trinajstić information content (AvgIpc) is 2.91. The van der Waals surface area contributed by atoms with E-state index in [0.29, 0.717) is 6.54 Å². The van der Waals surface area contributed by atoms with Crippen molar-refractivity contribution in [3.8, 4) is 0 Å². The molecule has 0 aromatic carbocycles. The van der Waals surface area contributed by atoms with Gasteiger partial charge < -0.3 is 9.73 Å². The van der Waals surface area contributed by atoms with E-state index in [1.165, 1.54) is 6.42 Å². The first-order valence-electron chi connectivity index (χ1n) is 6.85. The van der Waals surface area contributed by atoms with Crippen LogP contribution in [0.5, 0.6) is 0 Å². The van der Waals surface area contributed by atoms with Crippen molar-refractivity contribution >= 4 is 5.91 Å². The monoisotopic (exact) mass is 250 g/mol. The third-order valence-electron chi connectivity index (χ3n) is 3.57. The van der Waals surface area contributed by atoms with Crippen LogP contribution >= 0.6 is 0 Å². The van der Waals surface area contributed by atoms with Gasteiger partial charge in [-0.15, -0.1) is 0 Å². The Labute approximate surface area is 108 Å². The minimum atomic E-state index is 0.0698. The Hall–Kier alpha value is -1.29. The molecule has 1 aromatic rings. The topological polar surface area (TPSA) is 45.5 Å². The van der Waals surface area contributed by atoms with Gasteiger partial charge in [-0.05, 0) is 38.1 Å². The van der Waals surface area contributed by atoms with Crippen LogP contribution in [0.3, 0.4) is 0 Å². The first-order valence-corrected chi connectivity index (χ1v) is 6.85. The highest BCUT2D eigenvalue weighted by Crippen LogP contribution is 2.16. The molecule has 0 saturated carbocycles. The van der Waals surface area contributed by atoms with Crippen molar-refractivity contribution in [3.63, 3.8) is 0 Å². The van der Waals surface area contributed by atoms with E-state index < -0.39 is 0 Å². The summed E-state index contributed by atoms with van der Waals surface area (Å²) < 4.78 is 5.24. The van der Waals surface area contributed by atoms with Gasteiger partial charge in [0, 0.05) is 13.0 Å². The molecule has 1 saturated heterocycles. The predicted molar refractivity (Wildman–Crippen MR) is 70.3 cm³/mol. The van der Waals surface area contributed by atoms with Crippen LogP contribution in [0.25, 0.3) is 0 Å². The number of likely N-dealkylation sites (tertiary alicyclic amines) is 1. The van der Waals surface area contributed by atoms with Crippen LogP contribution in [-0.4, -0.2) is 36.5 Å². The van der Waals surface area contributed by atoms with Crippen LogP contribution in [0.15, 0.2) is 22.8 Å². The Morgan fingerprint density at radius 3 is 3.17 bits per heavy atom. The van der Waals surface area contributed by atoms with Crippen LogP contribution in [-0.2, 0) is 11.2 Å². The molecule has 0 unspecified atom stereocenters. The zero-order chi connectivity index (χ0) is 12.8. The van der Waals surface area contributed by atoms with Crippen molar-refractivity contribution in [3.05, 3.63) is 24.2 Å². The summed E-state index contributed by atoms with van der Waals surface area (Å²) in [7, 11) is 0. The minimum absolute atomic E-state index is 0.0698. The lowest BCUT2D eigenvalue weighted by atomic mass is 10.0. The molecule has 4 nitrogen and oxygen atoms in total. The molecule has 1 fully saturated rings. The van der Waals surface area contributed by atoms with Gasteiger partial charge in [-0.2, -0.15) is 0 Å². The Bertz CT molecular complexity index is 362. The molecule has 1 aliphatic heterocycles. The minimum Gasteiger partial charge on any atom is -0.469 e. The normalized spacial score (nSPS) is 20.8. The quantitative estimate of drug-likeness (QED) is 0.867. The molecule has 1 N–H and O–H groups in total. The molecule has 1 atom stereocenters. The van der Waals surface area contributed by atoms with Crippen molar-refractivity contribution in [2.24, 2.45) is 0 Å². The Morgan fingerprint density at radius 1 is 1.56 bits per heavy atom. The van der Waals surface area contributed by atoms with Gasteiger partial charge >= 0.3 is 0 Å². The number of hydrogen-bond acceptors (Lipinski definition) is 3. The number of piperidine rings is 1. The summed E-state index contributed by atoms with van der Waals surface area (Å²) in [6.07, 6.45) is 5.78. The summed E-state index contributed by atoms with van der Waals surface area (Å²) in [6, 6.07) is 3.88. The van der Waals surface area contributed by atoms with E-state index in [9.17, 15) is 4.79 Å². The number of furan rings is 1. The fourth-order valence-corrected chi connectivity index (χ4v) is 2.55. The Kier molecular flexibility index (Phi) is 4.81. The highest BCUT2D eigenvalue weighted by Gasteiger charge is 2.26. The third kappa shape index (κ3) is 3.35. The van der Waals surface area contributed by atoms with Gasteiger partial charge in [-0.1, -0.05) is 13.3 Å². The second-order valence-electron chi connectivity index (χ2n) is 4.76. The van der Waals surface area contributed by atoms with Crippen molar-refractivity contribution in [1.82, 2.24) is 10.2 Å². The number of rotatable bonds is 5. The maximum atomic E-state index is 12.1. The number of amides is 1. The van der Waals surface area contributed by atoms with Gasteiger partial charge in [0.15, 0.2) is 0 Å². The predicted octanol–water partition coefficient (Wildman–Crippen LogP) is 1.81. The number of nitrogens with one attached hydrogen (secondary N) is 1. The van der Waals surface area contributed by atoms with E-state index in [4.69, 9.17) is 4.42 Å². The van der Waals surface area contributed by atoms with Crippen LogP contribution in [0, 0.1) is 0 Å². The molecule has 100 valence electrons. The standard InChI is InChI=1S/C14H22N2O2/c1-2-16-10-4-3-7-13(16)14(17)15-9-8-12-6-5-11-18-12/h5-6,11,13H,2-4,7-10H2,1H3,(H,15,17)/t13-/m0/s1. The molecular formula is C14H22N2O2. The Balaban J connectivity index is 1.76. The number of likely N-dealkylation sites (N-methyl/N-ethyl adjacent to an activating group) is 1. The lowest BCUT2D eigenvalue weighted by molar-refractivity contribution is -0.127. The van der Waals surface area contributed by atoms with Crippen LogP contribution in [0.1, 0.15) is 31.9 Å². The third-order valence-corrected chi connectivity index (χ3v) is 3.57. The molecule has 0 radical (unpaired) electrons. The second kappa shape index (κ2) is 6.59. The molecule has 4 heteroatoms. The van der Waals surface area contributed by atoms with Gasteiger partial charge in [0.1, 0.15) is 5.76 Å². The summed E-state index contributed by atoms with van der Waals surface area (Å²) in [4.78, 5) is 14.4. The van der Waals surface area contributed by atoms with Crippen molar-refractivity contribution in [2.75, 3.05) is 19.6 Å². The fraction of sp³-hybridized carbons (Fsp3) is 0.643. The lowest BCUT2D eigenvalue weighted by Crippen LogP contribution is -2.49. The highest BCUT2D eigenvalue weighted by atomic mass is 16.3. The summed E-state index contributed by atoms with van der Waals surface area (Å²) in [5, 5.41) is 3.01. The maximum Gasteiger partial charge on any atom is 0.237 e. The fourth-order valence-electron chi connectivity index (χ4n) is 2.55. The number of carbonyl (C=O) groups excluding carboxylic acids is 1. The SMILES string of the molecule is CCN1CCCC[C@H]1C(=O)NCCc1ccco1. The lowest BCUT2D eigenvalue weighted by Gasteiger charge is -2.33. The van der Waals surface area contributed by atoms with E-state index in [2.05, 4.69) is 17.1 Å². The van der Waals surface area contributed by atoms with Crippen molar-refractivity contribution < 1.29 is 9.21 Å². The van der Waals surface area contributed by atoms with Crippen molar-refractivity contribution in [1.29, 1.82) is 0 Å². The molecule has 18 heavy (non-hydrogen) atoms. The number of nitrogens with zero attached hydrogens (tertiary/aromatic N) is 1. The second-order valence-corrected chi connectivity index (χ2v) is 4.76. The molecule has 1 aliphatic rings.